The molecule has 1 aromatic heterocycles. The molecule has 0 spiro atoms. The molecule has 1 aromatic rings. The fourth-order valence-electron chi connectivity index (χ4n) is 1.82. The number of nitrogen functional groups attached to an aromatic ring is 1. The van der Waals surface area contributed by atoms with Gasteiger partial charge in [-0.3, -0.25) is 10.1 Å². The highest BCUT2D eigenvalue weighted by molar-refractivity contribution is 7.99. The van der Waals surface area contributed by atoms with Gasteiger partial charge in [0, 0.05) is 24.9 Å². The van der Waals surface area contributed by atoms with Crippen LogP contribution in [0.1, 0.15) is 6.42 Å². The molecule has 1 saturated heterocycles. The Kier molecular flexibility index (Phi) is 3.37. The molecule has 1 unspecified atom stereocenters. The molecule has 0 aromatic carbocycles. The highest BCUT2D eigenvalue weighted by Gasteiger charge is 2.22. The zero-order valence-electron chi connectivity index (χ0n) is 9.50. The Morgan fingerprint density at radius 2 is 2.41 bits per heavy atom. The normalized spacial score (nSPS) is 19.2. The summed E-state index contributed by atoms with van der Waals surface area (Å²) in [5.41, 5.74) is 5.44. The minimum absolute atomic E-state index is 0.0231. The highest BCUT2D eigenvalue weighted by Crippen LogP contribution is 2.27. The van der Waals surface area contributed by atoms with Gasteiger partial charge in [0.05, 0.1) is 4.92 Å². The summed E-state index contributed by atoms with van der Waals surface area (Å²) in [4.78, 5) is 16.2. The summed E-state index contributed by atoms with van der Waals surface area (Å²) in [6.07, 6.45) is 1.11. The standard InChI is InChI=1S/C10H14N4O2S/c1-13(7-4-5-17-6-7)9-3-2-8(14(15)16)10(11)12-9/h2-3,7H,4-6H2,1H3,(H2,11,12). The topological polar surface area (TPSA) is 85.3 Å². The molecule has 0 radical (unpaired) electrons. The predicted octanol–water partition coefficient (Wildman–Crippen LogP) is 1.51. The lowest BCUT2D eigenvalue weighted by molar-refractivity contribution is -0.384. The average molecular weight is 254 g/mol. The molecule has 1 atom stereocenters. The first-order valence-electron chi connectivity index (χ1n) is 5.31. The summed E-state index contributed by atoms with van der Waals surface area (Å²) in [7, 11) is 1.95. The molecule has 17 heavy (non-hydrogen) atoms. The molecule has 1 aliphatic heterocycles. The predicted molar refractivity (Wildman–Crippen MR) is 69.4 cm³/mol. The number of thioether (sulfide) groups is 1. The van der Waals surface area contributed by atoms with Crippen molar-refractivity contribution in [3.8, 4) is 0 Å². The van der Waals surface area contributed by atoms with Gasteiger partial charge in [-0.2, -0.15) is 11.8 Å². The van der Waals surface area contributed by atoms with Crippen molar-refractivity contribution in [3.05, 3.63) is 22.2 Å². The van der Waals surface area contributed by atoms with Crippen LogP contribution in [0.15, 0.2) is 12.1 Å². The van der Waals surface area contributed by atoms with E-state index in [0.717, 1.165) is 17.9 Å². The van der Waals surface area contributed by atoms with Crippen molar-refractivity contribution in [1.29, 1.82) is 0 Å². The Bertz CT molecular complexity index is 434. The number of hydrogen-bond acceptors (Lipinski definition) is 6. The van der Waals surface area contributed by atoms with Crippen LogP contribution in [-0.2, 0) is 0 Å². The van der Waals surface area contributed by atoms with E-state index in [1.165, 1.54) is 6.07 Å². The van der Waals surface area contributed by atoms with E-state index in [0.29, 0.717) is 11.9 Å². The Hall–Kier alpha value is -1.50. The van der Waals surface area contributed by atoms with Gasteiger partial charge in [-0.15, -0.1) is 0 Å². The van der Waals surface area contributed by atoms with Gasteiger partial charge in [0.1, 0.15) is 5.82 Å². The Morgan fingerprint density at radius 1 is 1.65 bits per heavy atom. The average Bonchev–Trinajstić information content (AvgIpc) is 2.80. The third kappa shape index (κ3) is 2.44. The minimum atomic E-state index is -0.516. The first kappa shape index (κ1) is 12.0. The number of nitrogens with two attached hydrogens (primary N) is 1. The van der Waals surface area contributed by atoms with E-state index < -0.39 is 4.92 Å². The van der Waals surface area contributed by atoms with Gasteiger partial charge in [0.2, 0.25) is 5.82 Å². The summed E-state index contributed by atoms with van der Waals surface area (Å²) in [6.45, 7) is 0. The van der Waals surface area contributed by atoms with E-state index in [-0.39, 0.29) is 11.5 Å². The van der Waals surface area contributed by atoms with Crippen LogP contribution in [0.3, 0.4) is 0 Å². The summed E-state index contributed by atoms with van der Waals surface area (Å²) in [6, 6.07) is 3.50. The molecule has 6 nitrogen and oxygen atoms in total. The van der Waals surface area contributed by atoms with E-state index in [1.54, 1.807) is 6.07 Å². The summed E-state index contributed by atoms with van der Waals surface area (Å²) >= 11 is 1.91. The largest absolute Gasteiger partial charge is 0.378 e. The first-order valence-corrected chi connectivity index (χ1v) is 6.46. The first-order chi connectivity index (χ1) is 8.09. The van der Waals surface area contributed by atoms with Crippen LogP contribution in [0.5, 0.6) is 0 Å². The maximum absolute atomic E-state index is 10.6. The van der Waals surface area contributed by atoms with Crippen molar-refractivity contribution in [1.82, 2.24) is 4.98 Å². The lowest BCUT2D eigenvalue weighted by Crippen LogP contribution is -2.32. The van der Waals surface area contributed by atoms with Crippen molar-refractivity contribution in [2.45, 2.75) is 12.5 Å². The molecule has 7 heteroatoms. The van der Waals surface area contributed by atoms with Crippen LogP contribution >= 0.6 is 11.8 Å². The highest BCUT2D eigenvalue weighted by atomic mass is 32.2. The third-order valence-corrected chi connectivity index (χ3v) is 4.04. The number of nitro groups is 1. The molecule has 92 valence electrons. The van der Waals surface area contributed by atoms with Crippen LogP contribution in [0, 0.1) is 10.1 Å². The fourth-order valence-corrected chi connectivity index (χ4v) is 3.09. The number of rotatable bonds is 3. The number of anilines is 2. The SMILES string of the molecule is CN(c1ccc([N+](=O)[O-])c(N)n1)C1CCSC1. The van der Waals surface area contributed by atoms with E-state index in [2.05, 4.69) is 4.98 Å². The Balaban J connectivity index is 2.21. The molecular formula is C10H14N4O2S. The maximum Gasteiger partial charge on any atom is 0.311 e. The van der Waals surface area contributed by atoms with Crippen molar-refractivity contribution >= 4 is 29.1 Å². The number of aromatic nitrogens is 1. The van der Waals surface area contributed by atoms with Crippen LogP contribution in [-0.4, -0.2) is 34.5 Å². The van der Waals surface area contributed by atoms with E-state index in [4.69, 9.17) is 5.73 Å². The minimum Gasteiger partial charge on any atom is -0.378 e. The van der Waals surface area contributed by atoms with Gasteiger partial charge >= 0.3 is 5.69 Å². The summed E-state index contributed by atoms with van der Waals surface area (Å²) in [5, 5.41) is 10.6. The lowest BCUT2D eigenvalue weighted by atomic mass is 10.2. The van der Waals surface area contributed by atoms with Crippen LogP contribution in [0.2, 0.25) is 0 Å². The second kappa shape index (κ2) is 4.79. The van der Waals surface area contributed by atoms with E-state index >= 15 is 0 Å². The molecular weight excluding hydrogens is 240 g/mol. The van der Waals surface area contributed by atoms with Crippen LogP contribution < -0.4 is 10.6 Å². The molecule has 0 saturated carbocycles. The zero-order chi connectivity index (χ0) is 12.4. The van der Waals surface area contributed by atoms with Gasteiger partial charge in [-0.05, 0) is 18.2 Å². The van der Waals surface area contributed by atoms with Crippen molar-refractivity contribution in [2.24, 2.45) is 0 Å². The van der Waals surface area contributed by atoms with Gasteiger partial charge in [0.15, 0.2) is 0 Å². The molecule has 0 amide bonds. The molecule has 1 fully saturated rings. The zero-order valence-corrected chi connectivity index (χ0v) is 10.3. The fraction of sp³-hybridized carbons (Fsp3) is 0.500. The molecule has 2 rings (SSSR count). The molecule has 1 aliphatic rings. The number of nitrogens with zero attached hydrogens (tertiary/aromatic N) is 3. The van der Waals surface area contributed by atoms with Crippen molar-refractivity contribution in [2.75, 3.05) is 29.2 Å². The van der Waals surface area contributed by atoms with Gasteiger partial charge in [0.25, 0.3) is 0 Å². The number of hydrogen-bond donors (Lipinski definition) is 1. The lowest BCUT2D eigenvalue weighted by Gasteiger charge is -2.24. The second-order valence-electron chi connectivity index (χ2n) is 3.96. The monoisotopic (exact) mass is 254 g/mol. The smallest absolute Gasteiger partial charge is 0.311 e. The van der Waals surface area contributed by atoms with Gasteiger partial charge < -0.3 is 10.6 Å². The van der Waals surface area contributed by atoms with Crippen LogP contribution in [0.4, 0.5) is 17.3 Å². The van der Waals surface area contributed by atoms with Gasteiger partial charge in [-0.1, -0.05) is 0 Å². The van der Waals surface area contributed by atoms with E-state index in [9.17, 15) is 10.1 Å². The second-order valence-corrected chi connectivity index (χ2v) is 5.11. The Morgan fingerprint density at radius 3 is 2.94 bits per heavy atom. The van der Waals surface area contributed by atoms with Gasteiger partial charge in [-0.25, -0.2) is 4.98 Å². The van der Waals surface area contributed by atoms with Crippen molar-refractivity contribution in [3.63, 3.8) is 0 Å². The number of pyridine rings is 1. The van der Waals surface area contributed by atoms with Crippen molar-refractivity contribution < 1.29 is 4.92 Å². The summed E-state index contributed by atoms with van der Waals surface area (Å²) in [5.74, 6) is 2.89. The summed E-state index contributed by atoms with van der Waals surface area (Å²) < 4.78 is 0. The maximum atomic E-state index is 10.6. The third-order valence-electron chi connectivity index (χ3n) is 2.90. The molecule has 2 heterocycles. The quantitative estimate of drug-likeness (QED) is 0.650. The molecule has 2 N–H and O–H groups in total. The van der Waals surface area contributed by atoms with E-state index in [1.807, 2.05) is 23.7 Å². The van der Waals surface area contributed by atoms with Crippen LogP contribution in [0.25, 0.3) is 0 Å². The Labute approximate surface area is 103 Å². The molecule has 0 bridgehead atoms. The molecule has 0 aliphatic carbocycles.